The highest BCUT2D eigenvalue weighted by molar-refractivity contribution is 7.90. The molecule has 3 nitrogen and oxygen atoms in total. The van der Waals surface area contributed by atoms with E-state index in [0.29, 0.717) is 6.42 Å². The van der Waals surface area contributed by atoms with Crippen LogP contribution < -0.4 is 5.32 Å². The van der Waals surface area contributed by atoms with Gasteiger partial charge in [-0.3, -0.25) is 0 Å². The van der Waals surface area contributed by atoms with Crippen LogP contribution in [0.4, 0.5) is 0 Å². The molecule has 0 fully saturated rings. The third-order valence-electron chi connectivity index (χ3n) is 2.11. The molecule has 1 rings (SSSR count). The van der Waals surface area contributed by atoms with Gasteiger partial charge in [-0.2, -0.15) is 0 Å². The lowest BCUT2D eigenvalue weighted by Crippen LogP contribution is -2.22. The second-order valence-electron chi connectivity index (χ2n) is 3.54. The Morgan fingerprint density at radius 2 is 2.27 bits per heavy atom. The zero-order valence-corrected chi connectivity index (χ0v) is 10.7. The highest BCUT2D eigenvalue weighted by Crippen LogP contribution is 2.22. The van der Waals surface area contributed by atoms with Crippen LogP contribution in [0.25, 0.3) is 0 Å². The van der Waals surface area contributed by atoms with Gasteiger partial charge in [0.15, 0.2) is 0 Å². The zero-order chi connectivity index (χ0) is 11.3. The van der Waals surface area contributed by atoms with Crippen molar-refractivity contribution in [1.82, 2.24) is 5.32 Å². The Morgan fingerprint density at radius 1 is 1.53 bits per heavy atom. The second-order valence-corrected chi connectivity index (χ2v) is 6.78. The molecular weight excluding hydrogens is 230 g/mol. The van der Waals surface area contributed by atoms with Gasteiger partial charge in [0.25, 0.3) is 0 Å². The Kier molecular flexibility index (Phi) is 4.76. The molecule has 0 bridgehead atoms. The molecule has 0 amide bonds. The summed E-state index contributed by atoms with van der Waals surface area (Å²) in [6.45, 7) is 2.88. The Bertz CT molecular complexity index is 370. The van der Waals surface area contributed by atoms with Crippen LogP contribution in [0.15, 0.2) is 17.5 Å². The van der Waals surface area contributed by atoms with Crippen molar-refractivity contribution in [3.05, 3.63) is 22.4 Å². The molecule has 0 radical (unpaired) electrons. The lowest BCUT2D eigenvalue weighted by atomic mass is 10.2. The molecule has 0 aromatic carbocycles. The van der Waals surface area contributed by atoms with Gasteiger partial charge in [-0.1, -0.05) is 13.0 Å². The van der Waals surface area contributed by atoms with E-state index in [1.54, 1.807) is 11.3 Å². The molecule has 0 aliphatic carbocycles. The van der Waals surface area contributed by atoms with Crippen molar-refractivity contribution >= 4 is 21.2 Å². The summed E-state index contributed by atoms with van der Waals surface area (Å²) in [5.74, 6) is 0.239. The maximum Gasteiger partial charge on any atom is 0.147 e. The molecule has 0 saturated heterocycles. The summed E-state index contributed by atoms with van der Waals surface area (Å²) in [4.78, 5) is 1.21. The number of sulfone groups is 1. The summed E-state index contributed by atoms with van der Waals surface area (Å²) in [6.07, 6.45) is 1.93. The smallest absolute Gasteiger partial charge is 0.147 e. The average molecular weight is 247 g/mol. The van der Waals surface area contributed by atoms with Gasteiger partial charge in [0.05, 0.1) is 5.75 Å². The van der Waals surface area contributed by atoms with E-state index in [1.807, 2.05) is 24.4 Å². The number of thiophene rings is 1. The molecule has 0 aliphatic heterocycles. The molecule has 86 valence electrons. The van der Waals surface area contributed by atoms with Gasteiger partial charge in [0, 0.05) is 17.2 Å². The van der Waals surface area contributed by atoms with E-state index < -0.39 is 9.84 Å². The quantitative estimate of drug-likeness (QED) is 0.834. The van der Waals surface area contributed by atoms with Crippen LogP contribution in [0.1, 0.15) is 24.3 Å². The Balaban J connectivity index is 2.60. The van der Waals surface area contributed by atoms with Crippen LogP contribution >= 0.6 is 11.3 Å². The molecule has 1 atom stereocenters. The molecule has 15 heavy (non-hydrogen) atoms. The highest BCUT2D eigenvalue weighted by Gasteiger charge is 2.13. The Labute approximate surface area is 95.4 Å². The van der Waals surface area contributed by atoms with E-state index >= 15 is 0 Å². The topological polar surface area (TPSA) is 46.2 Å². The Hall–Kier alpha value is -0.390. The third kappa shape index (κ3) is 4.77. The van der Waals surface area contributed by atoms with Crippen molar-refractivity contribution in [1.29, 1.82) is 0 Å². The predicted molar refractivity (Wildman–Crippen MR) is 65.1 cm³/mol. The van der Waals surface area contributed by atoms with E-state index in [0.717, 1.165) is 6.54 Å². The van der Waals surface area contributed by atoms with E-state index in [2.05, 4.69) is 5.32 Å². The molecule has 0 spiro atoms. The van der Waals surface area contributed by atoms with Gasteiger partial charge >= 0.3 is 0 Å². The van der Waals surface area contributed by atoms with Gasteiger partial charge < -0.3 is 5.32 Å². The number of hydrogen-bond acceptors (Lipinski definition) is 4. The fourth-order valence-corrected chi connectivity index (χ4v) is 2.91. The van der Waals surface area contributed by atoms with Crippen molar-refractivity contribution in [2.45, 2.75) is 19.4 Å². The largest absolute Gasteiger partial charge is 0.309 e. The van der Waals surface area contributed by atoms with Crippen LogP contribution in [0.3, 0.4) is 0 Å². The minimum Gasteiger partial charge on any atom is -0.309 e. The average Bonchev–Trinajstić information content (AvgIpc) is 2.63. The van der Waals surface area contributed by atoms with Crippen LogP contribution in [0.2, 0.25) is 0 Å². The normalized spacial score (nSPS) is 14.0. The van der Waals surface area contributed by atoms with Crippen molar-refractivity contribution < 1.29 is 8.42 Å². The molecule has 1 unspecified atom stereocenters. The van der Waals surface area contributed by atoms with Crippen molar-refractivity contribution in [3.63, 3.8) is 0 Å². The molecule has 1 N–H and O–H groups in total. The first-order valence-corrected chi connectivity index (χ1v) is 7.91. The molecule has 1 aromatic heterocycles. The third-order valence-corrected chi connectivity index (χ3v) is 4.08. The lowest BCUT2D eigenvalue weighted by Gasteiger charge is -2.15. The highest BCUT2D eigenvalue weighted by atomic mass is 32.2. The molecular formula is C10H17NO2S2. The molecule has 0 saturated carbocycles. The summed E-state index contributed by atoms with van der Waals surface area (Å²) in [7, 11) is -2.86. The summed E-state index contributed by atoms with van der Waals surface area (Å²) >= 11 is 1.66. The van der Waals surface area contributed by atoms with E-state index in [4.69, 9.17) is 0 Å². The molecule has 0 aliphatic rings. The van der Waals surface area contributed by atoms with E-state index in [9.17, 15) is 8.42 Å². The standard InChI is InChI=1S/C10H17NO2S2/c1-3-11-9(6-8-15(2,12)13)10-5-4-7-14-10/h4-5,7,9,11H,3,6,8H2,1-2H3. The monoisotopic (exact) mass is 247 g/mol. The summed E-state index contributed by atoms with van der Waals surface area (Å²) < 4.78 is 22.2. The van der Waals surface area contributed by atoms with Crippen molar-refractivity contribution in [2.24, 2.45) is 0 Å². The van der Waals surface area contributed by atoms with Gasteiger partial charge in [0.2, 0.25) is 0 Å². The second kappa shape index (κ2) is 5.63. The predicted octanol–water partition coefficient (Wildman–Crippen LogP) is 1.83. The first-order chi connectivity index (χ1) is 7.03. The maximum absolute atomic E-state index is 11.1. The van der Waals surface area contributed by atoms with E-state index in [-0.39, 0.29) is 11.8 Å². The van der Waals surface area contributed by atoms with Crippen LogP contribution in [-0.4, -0.2) is 27.0 Å². The SMILES string of the molecule is CCNC(CCS(C)(=O)=O)c1cccs1. The van der Waals surface area contributed by atoms with Crippen molar-refractivity contribution in [3.8, 4) is 0 Å². The Morgan fingerprint density at radius 3 is 2.73 bits per heavy atom. The van der Waals surface area contributed by atoms with Crippen LogP contribution in [0, 0.1) is 0 Å². The van der Waals surface area contributed by atoms with Gasteiger partial charge in [-0.25, -0.2) is 8.42 Å². The van der Waals surface area contributed by atoms with Crippen LogP contribution in [-0.2, 0) is 9.84 Å². The van der Waals surface area contributed by atoms with E-state index in [1.165, 1.54) is 11.1 Å². The fraction of sp³-hybridized carbons (Fsp3) is 0.600. The lowest BCUT2D eigenvalue weighted by molar-refractivity contribution is 0.536. The van der Waals surface area contributed by atoms with Gasteiger partial charge in [-0.05, 0) is 24.4 Å². The molecule has 5 heteroatoms. The first-order valence-electron chi connectivity index (χ1n) is 4.97. The summed E-state index contributed by atoms with van der Waals surface area (Å²) in [5, 5.41) is 5.32. The molecule has 1 heterocycles. The fourth-order valence-electron chi connectivity index (χ4n) is 1.41. The number of nitrogens with one attached hydrogen (secondary N) is 1. The first kappa shape index (κ1) is 12.7. The summed E-state index contributed by atoms with van der Waals surface area (Å²) in [6, 6.07) is 4.20. The number of hydrogen-bond donors (Lipinski definition) is 1. The summed E-state index contributed by atoms with van der Waals surface area (Å²) in [5.41, 5.74) is 0. The number of rotatable bonds is 6. The minimum atomic E-state index is -2.86. The zero-order valence-electron chi connectivity index (χ0n) is 9.06. The van der Waals surface area contributed by atoms with Crippen LogP contribution in [0.5, 0.6) is 0 Å². The maximum atomic E-state index is 11.1. The van der Waals surface area contributed by atoms with Crippen molar-refractivity contribution in [2.75, 3.05) is 18.6 Å². The molecule has 1 aromatic rings. The minimum absolute atomic E-state index is 0.171. The van der Waals surface area contributed by atoms with Gasteiger partial charge in [-0.15, -0.1) is 11.3 Å². The van der Waals surface area contributed by atoms with Gasteiger partial charge in [0.1, 0.15) is 9.84 Å².